The van der Waals surface area contributed by atoms with Crippen LogP contribution in [0.15, 0.2) is 42.7 Å². The van der Waals surface area contributed by atoms with E-state index in [9.17, 15) is 13.2 Å². The quantitative estimate of drug-likeness (QED) is 0.614. The maximum atomic E-state index is 13.4. The Morgan fingerprint density at radius 1 is 1.03 bits per heavy atom. The monoisotopic (exact) mass is 419 g/mol. The molecule has 0 radical (unpaired) electrons. The highest BCUT2D eigenvalue weighted by Gasteiger charge is 2.36. The van der Waals surface area contributed by atoms with E-state index < -0.39 is 11.7 Å². The third-order valence-electron chi connectivity index (χ3n) is 6.07. The maximum Gasteiger partial charge on any atom is 0.416 e. The Balaban J connectivity index is 1.70. The van der Waals surface area contributed by atoms with Crippen LogP contribution >= 0.6 is 12.2 Å². The van der Waals surface area contributed by atoms with Crippen molar-refractivity contribution < 1.29 is 13.2 Å². The number of halogens is 3. The van der Waals surface area contributed by atoms with Crippen molar-refractivity contribution in [2.24, 2.45) is 5.92 Å². The van der Waals surface area contributed by atoms with Crippen LogP contribution < -0.4 is 10.2 Å². The van der Waals surface area contributed by atoms with Crippen molar-refractivity contribution in [2.45, 2.75) is 50.7 Å². The molecule has 1 aromatic heterocycles. The molecule has 2 aliphatic rings. The topological polar surface area (TPSA) is 28.2 Å². The molecule has 1 aliphatic heterocycles. The molecule has 154 valence electrons. The van der Waals surface area contributed by atoms with Gasteiger partial charge in [-0.05, 0) is 61.9 Å². The van der Waals surface area contributed by atoms with Gasteiger partial charge in [-0.3, -0.25) is 4.98 Å². The molecule has 0 amide bonds. The van der Waals surface area contributed by atoms with Gasteiger partial charge in [0.15, 0.2) is 0 Å². The fraction of sp³-hybridized carbons (Fsp3) is 0.455. The lowest BCUT2D eigenvalue weighted by Crippen LogP contribution is -2.47. The third-order valence-corrected chi connectivity index (χ3v) is 6.41. The zero-order chi connectivity index (χ0) is 20.4. The minimum absolute atomic E-state index is 0.393. The first-order valence-corrected chi connectivity index (χ1v) is 10.5. The molecule has 7 heteroatoms. The summed E-state index contributed by atoms with van der Waals surface area (Å²) >= 11 is 5.48. The Labute approximate surface area is 174 Å². The van der Waals surface area contributed by atoms with Crippen molar-refractivity contribution >= 4 is 28.6 Å². The summed E-state index contributed by atoms with van der Waals surface area (Å²) in [4.78, 5) is 6.68. The van der Waals surface area contributed by atoms with E-state index in [1.807, 2.05) is 0 Å². The average Bonchev–Trinajstić information content (AvgIpc) is 2.73. The number of piperidine rings is 1. The van der Waals surface area contributed by atoms with Crippen LogP contribution in [-0.4, -0.2) is 22.6 Å². The van der Waals surface area contributed by atoms with E-state index in [-0.39, 0.29) is 0 Å². The number of aromatic nitrogens is 1. The van der Waals surface area contributed by atoms with Crippen LogP contribution in [0, 0.1) is 5.92 Å². The summed E-state index contributed by atoms with van der Waals surface area (Å²) < 4.78 is 40.2. The summed E-state index contributed by atoms with van der Waals surface area (Å²) in [5.41, 5.74) is 1.30. The molecule has 2 fully saturated rings. The minimum Gasteiger partial charge on any atom is -0.367 e. The summed E-state index contributed by atoms with van der Waals surface area (Å²) in [6, 6.07) is 7.88. The number of alkyl halides is 3. The fourth-order valence-corrected chi connectivity index (χ4v) is 4.93. The Morgan fingerprint density at radius 2 is 1.76 bits per heavy atom. The number of nitrogens with one attached hydrogen (secondary N) is 1. The molecule has 0 unspecified atom stereocenters. The molecule has 0 spiro atoms. The Kier molecular flexibility index (Phi) is 5.76. The number of pyridine rings is 1. The second-order valence-electron chi connectivity index (χ2n) is 7.87. The number of nitrogens with zero attached hydrogens (tertiary/aromatic N) is 2. The molecular weight excluding hydrogens is 395 g/mol. The lowest BCUT2D eigenvalue weighted by molar-refractivity contribution is -0.137. The van der Waals surface area contributed by atoms with Crippen LogP contribution in [-0.2, 0) is 6.18 Å². The molecule has 2 aromatic rings. The number of anilines is 2. The average molecular weight is 420 g/mol. The summed E-state index contributed by atoms with van der Waals surface area (Å²) in [5.74, 6) is 0.625. The van der Waals surface area contributed by atoms with Crippen molar-refractivity contribution in [3.05, 3.63) is 53.9 Å². The first-order chi connectivity index (χ1) is 13.9. The number of fused-ring (bicyclic) bond motifs is 1. The molecule has 1 aromatic carbocycles. The Hall–Kier alpha value is -2.15. The van der Waals surface area contributed by atoms with Gasteiger partial charge in [0.05, 0.1) is 16.9 Å². The number of benzene rings is 1. The van der Waals surface area contributed by atoms with Gasteiger partial charge in [-0.15, -0.1) is 0 Å². The second-order valence-corrected chi connectivity index (χ2v) is 8.28. The van der Waals surface area contributed by atoms with Gasteiger partial charge in [0.1, 0.15) is 4.99 Å². The normalized spacial score (nSPS) is 22.1. The Morgan fingerprint density at radius 3 is 2.52 bits per heavy atom. The van der Waals surface area contributed by atoms with Crippen molar-refractivity contribution in [2.75, 3.05) is 16.8 Å². The van der Waals surface area contributed by atoms with E-state index in [0.717, 1.165) is 30.6 Å². The van der Waals surface area contributed by atoms with Crippen LogP contribution in [0.3, 0.4) is 0 Å². The van der Waals surface area contributed by atoms with Gasteiger partial charge in [0.25, 0.3) is 0 Å². The summed E-state index contributed by atoms with van der Waals surface area (Å²) in [7, 11) is 0. The maximum absolute atomic E-state index is 13.4. The van der Waals surface area contributed by atoms with E-state index in [4.69, 9.17) is 12.2 Å². The molecule has 0 bridgehead atoms. The highest BCUT2D eigenvalue weighted by atomic mass is 32.1. The van der Waals surface area contributed by atoms with Crippen LogP contribution in [0.1, 0.15) is 49.7 Å². The molecule has 1 aliphatic carbocycles. The predicted molar refractivity (Wildman–Crippen MR) is 113 cm³/mol. The van der Waals surface area contributed by atoms with Gasteiger partial charge in [-0.2, -0.15) is 13.2 Å². The number of hydrogen-bond acceptors (Lipinski definition) is 3. The van der Waals surface area contributed by atoms with Gasteiger partial charge in [0.2, 0.25) is 0 Å². The SMILES string of the molecule is FC(F)(F)c1ccc(N2CCC[C@H]3CCCC[C@@H]32)c(NC(=S)c2ccncc2)c1. The van der Waals surface area contributed by atoms with Crippen LogP contribution in [0.4, 0.5) is 24.5 Å². The van der Waals surface area contributed by atoms with Crippen molar-refractivity contribution in [1.82, 2.24) is 4.98 Å². The molecule has 1 saturated heterocycles. The fourth-order valence-electron chi connectivity index (χ4n) is 4.68. The van der Waals surface area contributed by atoms with E-state index in [0.29, 0.717) is 22.6 Å². The molecule has 2 heterocycles. The highest BCUT2D eigenvalue weighted by molar-refractivity contribution is 7.81. The summed E-state index contributed by atoms with van der Waals surface area (Å²) in [5, 5.41) is 3.09. The van der Waals surface area contributed by atoms with Gasteiger partial charge in [-0.25, -0.2) is 0 Å². The number of hydrogen-bond donors (Lipinski definition) is 1. The second kappa shape index (κ2) is 8.30. The van der Waals surface area contributed by atoms with E-state index in [1.165, 1.54) is 37.8 Å². The minimum atomic E-state index is -4.40. The molecule has 2 atom stereocenters. The van der Waals surface area contributed by atoms with Gasteiger partial charge in [0, 0.05) is 30.5 Å². The highest BCUT2D eigenvalue weighted by Crippen LogP contribution is 2.42. The summed E-state index contributed by atoms with van der Waals surface area (Å²) in [6.07, 6.45) is 5.84. The molecule has 1 saturated carbocycles. The van der Waals surface area contributed by atoms with Crippen molar-refractivity contribution in [3.63, 3.8) is 0 Å². The van der Waals surface area contributed by atoms with E-state index in [1.54, 1.807) is 30.6 Å². The smallest absolute Gasteiger partial charge is 0.367 e. The molecule has 29 heavy (non-hydrogen) atoms. The van der Waals surface area contributed by atoms with Gasteiger partial charge >= 0.3 is 6.18 Å². The first-order valence-electron chi connectivity index (χ1n) is 10.1. The standard InChI is InChI=1S/C22H24F3N3S/c23-22(24,25)17-7-8-20(28-13-3-5-15-4-1-2-6-19(15)28)18(14-17)27-21(29)16-9-11-26-12-10-16/h7-12,14-15,19H,1-6,13H2,(H,27,29)/t15-,19+/m1/s1. The molecule has 3 nitrogen and oxygen atoms in total. The third kappa shape index (κ3) is 4.39. The predicted octanol–water partition coefficient (Wildman–Crippen LogP) is 6.05. The lowest BCUT2D eigenvalue weighted by atomic mass is 9.78. The summed E-state index contributed by atoms with van der Waals surface area (Å²) in [6.45, 7) is 0.864. The van der Waals surface area contributed by atoms with Crippen LogP contribution in [0.5, 0.6) is 0 Å². The van der Waals surface area contributed by atoms with E-state index >= 15 is 0 Å². The largest absolute Gasteiger partial charge is 0.416 e. The van der Waals surface area contributed by atoms with Crippen molar-refractivity contribution in [3.8, 4) is 0 Å². The lowest BCUT2D eigenvalue weighted by Gasteiger charge is -2.46. The van der Waals surface area contributed by atoms with Crippen molar-refractivity contribution in [1.29, 1.82) is 0 Å². The molecule has 1 N–H and O–H groups in total. The molecule has 4 rings (SSSR count). The number of thiocarbonyl (C=S) groups is 1. The van der Waals surface area contributed by atoms with Gasteiger partial charge in [-0.1, -0.05) is 25.1 Å². The number of rotatable bonds is 3. The van der Waals surface area contributed by atoms with Crippen LogP contribution in [0.2, 0.25) is 0 Å². The zero-order valence-corrected chi connectivity index (χ0v) is 16.9. The van der Waals surface area contributed by atoms with E-state index in [2.05, 4.69) is 15.2 Å². The Bertz CT molecular complexity index is 867. The van der Waals surface area contributed by atoms with Crippen LogP contribution in [0.25, 0.3) is 0 Å². The molecular formula is C22H24F3N3S. The first kappa shape index (κ1) is 20.1. The van der Waals surface area contributed by atoms with Gasteiger partial charge < -0.3 is 10.2 Å². The zero-order valence-electron chi connectivity index (χ0n) is 16.1.